The van der Waals surface area contributed by atoms with Gasteiger partial charge >= 0.3 is 18.0 Å². The van der Waals surface area contributed by atoms with Crippen molar-refractivity contribution >= 4 is 18.0 Å². The smallest absolute Gasteiger partial charge is 0.338 e. The van der Waals surface area contributed by atoms with Crippen LogP contribution in [0.5, 0.6) is 0 Å². The van der Waals surface area contributed by atoms with E-state index in [9.17, 15) is 9.59 Å². The zero-order valence-electron chi connectivity index (χ0n) is 15.2. The van der Waals surface area contributed by atoms with Gasteiger partial charge in [-0.1, -0.05) is 6.08 Å². The van der Waals surface area contributed by atoms with Gasteiger partial charge in [0.1, 0.15) is 6.10 Å². The Bertz CT molecular complexity index is 452. The molecule has 152 valence electrons. The summed E-state index contributed by atoms with van der Waals surface area (Å²) in [6.45, 7) is 11.0. The predicted octanol–water partition coefficient (Wildman–Crippen LogP) is -0.233. The topological polar surface area (TPSA) is 206 Å². The van der Waals surface area contributed by atoms with Gasteiger partial charge in [-0.05, 0) is 27.7 Å². The summed E-state index contributed by atoms with van der Waals surface area (Å²) in [5.74, 6) is -1.16. The monoisotopic (exact) mass is 380 g/mol. The predicted molar refractivity (Wildman–Crippen MR) is 91.8 cm³/mol. The normalized spacial score (nSPS) is 16.7. The molecule has 2 aliphatic heterocycles. The summed E-state index contributed by atoms with van der Waals surface area (Å²) in [4.78, 5) is 28.8. The number of amides is 2. The molecule has 1 unspecified atom stereocenters. The Labute approximate surface area is 151 Å². The molecule has 26 heavy (non-hydrogen) atoms. The number of primary amides is 2. The van der Waals surface area contributed by atoms with Crippen molar-refractivity contribution in [1.82, 2.24) is 0 Å². The number of carbonyl (C=O) groups is 3. The molecular formula is C15H28N2O9. The van der Waals surface area contributed by atoms with E-state index in [1.54, 1.807) is 27.7 Å². The van der Waals surface area contributed by atoms with Crippen LogP contribution in [0.4, 0.5) is 4.79 Å². The number of rotatable bonds is 2. The van der Waals surface area contributed by atoms with Crippen molar-refractivity contribution in [3.63, 3.8) is 0 Å². The van der Waals surface area contributed by atoms with E-state index in [0.29, 0.717) is 0 Å². The minimum atomic E-state index is -0.833. The quantitative estimate of drug-likeness (QED) is 0.0932. The Balaban J connectivity index is -0.000000268. The van der Waals surface area contributed by atoms with E-state index in [0.717, 1.165) is 18.8 Å². The summed E-state index contributed by atoms with van der Waals surface area (Å²) < 4.78 is 8.80. The van der Waals surface area contributed by atoms with E-state index < -0.39 is 29.2 Å². The van der Waals surface area contributed by atoms with Crippen LogP contribution < -0.4 is 11.5 Å². The third-order valence-corrected chi connectivity index (χ3v) is 2.18. The van der Waals surface area contributed by atoms with E-state index in [-0.39, 0.29) is 6.10 Å². The molecular weight excluding hydrogens is 352 g/mol. The van der Waals surface area contributed by atoms with Gasteiger partial charge in [-0.25, -0.2) is 14.4 Å². The number of hydrogen-bond donors (Lipinski definition) is 6. The van der Waals surface area contributed by atoms with Crippen LogP contribution in [0.15, 0.2) is 24.8 Å². The first-order valence-corrected chi connectivity index (χ1v) is 7.07. The molecule has 0 spiro atoms. The number of cyclic esters (lactones) is 2. The molecule has 1 atom stereocenters. The minimum absolute atomic E-state index is 0.104. The summed E-state index contributed by atoms with van der Waals surface area (Å²) in [7, 11) is 0. The van der Waals surface area contributed by atoms with Gasteiger partial charge in [0.2, 0.25) is 0 Å². The van der Waals surface area contributed by atoms with E-state index in [1.165, 1.54) is 6.08 Å². The summed E-state index contributed by atoms with van der Waals surface area (Å²) in [6, 6.07) is -0.833. The molecule has 11 nitrogen and oxygen atoms in total. The second kappa shape index (κ2) is 13.9. The molecule has 0 saturated carbocycles. The number of hydrogen-bond acceptors (Lipinski definition) is 9. The van der Waals surface area contributed by atoms with Crippen LogP contribution >= 0.6 is 0 Å². The lowest BCUT2D eigenvalue weighted by Crippen LogP contribution is -2.25. The standard InChI is InChI=1S/C5H10O2.C5H10O.C4H2O3.CH4N2O.H2O2/c1-5(2,6)4-3-7-4;1-4-5(2,3)6;5-3-1-2-4(6)7-3;2-1(3)4;1-2/h4,6H,3H2,1-2H3;4,6H,1H2,2-3H3;1-2H;(H4,2,3,4);1-2H. The summed E-state index contributed by atoms with van der Waals surface area (Å²) in [5, 5.41) is 29.7. The maximum atomic E-state index is 9.92. The lowest BCUT2D eigenvalue weighted by Gasteiger charge is -2.11. The number of urea groups is 1. The Morgan fingerprint density at radius 3 is 1.46 bits per heavy atom. The first-order valence-electron chi connectivity index (χ1n) is 7.07. The molecule has 11 heteroatoms. The van der Waals surface area contributed by atoms with Crippen LogP contribution in [-0.4, -0.2) is 62.6 Å². The van der Waals surface area contributed by atoms with Gasteiger partial charge < -0.3 is 31.2 Å². The summed E-state index contributed by atoms with van der Waals surface area (Å²) >= 11 is 0. The van der Waals surface area contributed by atoms with Crippen LogP contribution in [0.1, 0.15) is 27.7 Å². The molecule has 2 aliphatic rings. The largest absolute Gasteiger partial charge is 0.388 e. The molecule has 8 N–H and O–H groups in total. The molecule has 0 aromatic rings. The molecule has 0 aliphatic carbocycles. The number of esters is 2. The number of ether oxygens (including phenoxy) is 2. The average Bonchev–Trinajstić information content (AvgIpc) is 3.27. The third-order valence-electron chi connectivity index (χ3n) is 2.18. The van der Waals surface area contributed by atoms with E-state index in [1.807, 2.05) is 0 Å². The van der Waals surface area contributed by atoms with Crippen molar-refractivity contribution in [2.24, 2.45) is 11.5 Å². The van der Waals surface area contributed by atoms with Gasteiger partial charge in [0, 0.05) is 12.2 Å². The lowest BCUT2D eigenvalue weighted by molar-refractivity contribution is -0.176. The second-order valence-electron chi connectivity index (χ2n) is 5.81. The van der Waals surface area contributed by atoms with E-state index >= 15 is 0 Å². The maximum absolute atomic E-state index is 9.92. The molecule has 1 fully saturated rings. The van der Waals surface area contributed by atoms with Crippen LogP contribution in [-0.2, 0) is 19.1 Å². The van der Waals surface area contributed by atoms with Crippen LogP contribution in [0.25, 0.3) is 0 Å². The molecule has 2 amide bonds. The third kappa shape index (κ3) is 26.6. The van der Waals surface area contributed by atoms with Crippen LogP contribution in [0.3, 0.4) is 0 Å². The Kier molecular flexibility index (Phi) is 15.3. The van der Waals surface area contributed by atoms with Crippen molar-refractivity contribution < 1.29 is 44.6 Å². The number of carbonyl (C=O) groups excluding carboxylic acids is 3. The number of aliphatic hydroxyl groups is 2. The Morgan fingerprint density at radius 2 is 1.42 bits per heavy atom. The van der Waals surface area contributed by atoms with Gasteiger partial charge in [0.25, 0.3) is 0 Å². The average molecular weight is 380 g/mol. The zero-order valence-corrected chi connectivity index (χ0v) is 15.2. The molecule has 0 aromatic heterocycles. The fraction of sp³-hybridized carbons (Fsp3) is 0.533. The van der Waals surface area contributed by atoms with Crippen molar-refractivity contribution in [1.29, 1.82) is 0 Å². The van der Waals surface area contributed by atoms with E-state index in [2.05, 4.69) is 22.8 Å². The highest BCUT2D eigenvalue weighted by molar-refractivity contribution is 6.04. The van der Waals surface area contributed by atoms with Gasteiger partial charge in [-0.15, -0.1) is 6.58 Å². The molecule has 0 aromatic carbocycles. The Hall–Kier alpha value is -2.31. The van der Waals surface area contributed by atoms with Crippen molar-refractivity contribution in [2.75, 3.05) is 6.61 Å². The highest BCUT2D eigenvalue weighted by atomic mass is 17.0. The van der Waals surface area contributed by atoms with Crippen LogP contribution in [0.2, 0.25) is 0 Å². The molecule has 2 heterocycles. The maximum Gasteiger partial charge on any atom is 0.338 e. The summed E-state index contributed by atoms with van der Waals surface area (Å²) in [5.41, 5.74) is 7.19. The van der Waals surface area contributed by atoms with Crippen molar-refractivity contribution in [2.45, 2.75) is 45.0 Å². The van der Waals surface area contributed by atoms with Gasteiger partial charge in [0.05, 0.1) is 17.8 Å². The number of epoxide rings is 1. The van der Waals surface area contributed by atoms with Crippen molar-refractivity contribution in [3.05, 3.63) is 24.8 Å². The Morgan fingerprint density at radius 1 is 1.15 bits per heavy atom. The highest BCUT2D eigenvalue weighted by Crippen LogP contribution is 2.22. The zero-order chi connectivity index (χ0) is 21.6. The van der Waals surface area contributed by atoms with Crippen molar-refractivity contribution in [3.8, 4) is 0 Å². The fourth-order valence-electron chi connectivity index (χ4n) is 0.759. The molecule has 0 bridgehead atoms. The van der Waals surface area contributed by atoms with Gasteiger partial charge in [-0.3, -0.25) is 10.5 Å². The first kappa shape index (κ1) is 28.5. The number of nitrogens with two attached hydrogens (primary N) is 2. The fourth-order valence-corrected chi connectivity index (χ4v) is 0.759. The lowest BCUT2D eigenvalue weighted by atomic mass is 10.1. The second-order valence-corrected chi connectivity index (χ2v) is 5.81. The van der Waals surface area contributed by atoms with Gasteiger partial charge in [-0.2, -0.15) is 0 Å². The summed E-state index contributed by atoms with van der Waals surface area (Å²) in [6.07, 6.45) is 3.77. The molecule has 0 radical (unpaired) electrons. The van der Waals surface area contributed by atoms with E-state index in [4.69, 9.17) is 30.3 Å². The SMILES string of the molecule is C=CC(C)(C)O.CC(C)(O)C1CO1.NC(N)=O.O=C1C=CC(=O)O1.OO. The first-order chi connectivity index (χ1) is 11.7. The highest BCUT2D eigenvalue weighted by Gasteiger charge is 2.37. The minimum Gasteiger partial charge on any atom is -0.388 e. The molecule has 2 rings (SSSR count). The van der Waals surface area contributed by atoms with Crippen LogP contribution in [0, 0.1) is 0 Å². The molecule has 1 saturated heterocycles. The van der Waals surface area contributed by atoms with Gasteiger partial charge in [0.15, 0.2) is 0 Å².